The van der Waals surface area contributed by atoms with E-state index in [2.05, 4.69) is 55.3 Å². The predicted molar refractivity (Wildman–Crippen MR) is 67.7 cm³/mol. The molecule has 0 aromatic heterocycles. The molecule has 1 heterocycles. The fourth-order valence-corrected chi connectivity index (χ4v) is 3.28. The first-order valence-corrected chi connectivity index (χ1v) is 6.06. The molecular formula is C13H13NS. The zero-order valence-electron chi connectivity index (χ0n) is 8.90. The summed E-state index contributed by atoms with van der Waals surface area (Å²) in [5.41, 5.74) is 1.39. The van der Waals surface area contributed by atoms with Gasteiger partial charge in [-0.25, -0.2) is 0 Å². The van der Waals surface area contributed by atoms with E-state index in [1.54, 1.807) is 0 Å². The summed E-state index contributed by atoms with van der Waals surface area (Å²) in [6, 6.07) is 13.1. The number of nitrogens with zero attached hydrogens (tertiary/aromatic N) is 1. The third-order valence-corrected chi connectivity index (χ3v) is 4.30. The number of hydrogen-bond acceptors (Lipinski definition) is 2. The Morgan fingerprint density at radius 3 is 2.80 bits per heavy atom. The summed E-state index contributed by atoms with van der Waals surface area (Å²) >= 11 is 1.94. The van der Waals surface area contributed by atoms with E-state index >= 15 is 0 Å². The van der Waals surface area contributed by atoms with Gasteiger partial charge >= 0.3 is 0 Å². The molecule has 15 heavy (non-hydrogen) atoms. The zero-order valence-corrected chi connectivity index (χ0v) is 9.71. The Morgan fingerprint density at radius 2 is 1.93 bits per heavy atom. The van der Waals surface area contributed by atoms with Crippen LogP contribution in [-0.4, -0.2) is 12.4 Å². The quantitative estimate of drug-likeness (QED) is 0.659. The monoisotopic (exact) mass is 215 g/mol. The van der Waals surface area contributed by atoms with E-state index in [1.807, 2.05) is 11.8 Å². The Bertz CT molecular complexity index is 521. The molecule has 0 aliphatic carbocycles. The van der Waals surface area contributed by atoms with Crippen LogP contribution in [0.4, 0.5) is 5.69 Å². The van der Waals surface area contributed by atoms with Gasteiger partial charge in [0.15, 0.2) is 0 Å². The molecule has 0 amide bonds. The summed E-state index contributed by atoms with van der Waals surface area (Å²) in [7, 11) is 2.18. The molecule has 0 fully saturated rings. The van der Waals surface area contributed by atoms with Gasteiger partial charge in [0.2, 0.25) is 0 Å². The van der Waals surface area contributed by atoms with Gasteiger partial charge in [-0.2, -0.15) is 0 Å². The molecule has 0 N–H and O–H groups in total. The number of anilines is 1. The van der Waals surface area contributed by atoms with Gasteiger partial charge in [0.1, 0.15) is 0 Å². The average Bonchev–Trinajstić information content (AvgIpc) is 2.55. The van der Waals surface area contributed by atoms with E-state index < -0.39 is 0 Å². The molecule has 2 aromatic carbocycles. The van der Waals surface area contributed by atoms with Crippen molar-refractivity contribution >= 4 is 28.2 Å². The topological polar surface area (TPSA) is 3.24 Å². The third-order valence-electron chi connectivity index (χ3n) is 3.06. The smallest absolute Gasteiger partial charge is 0.0766 e. The van der Waals surface area contributed by atoms with Crippen molar-refractivity contribution in [1.82, 2.24) is 0 Å². The molecule has 1 aliphatic rings. The summed E-state index contributed by atoms with van der Waals surface area (Å²) in [5, 5.41) is 3.25. The number of benzene rings is 2. The number of hydrogen-bond donors (Lipinski definition) is 0. The van der Waals surface area contributed by atoms with Crippen molar-refractivity contribution < 1.29 is 0 Å². The van der Waals surface area contributed by atoms with E-state index in [4.69, 9.17) is 0 Å². The second-order valence-corrected chi connectivity index (χ2v) is 5.32. The zero-order chi connectivity index (χ0) is 10.4. The highest BCUT2D eigenvalue weighted by Gasteiger charge is 2.24. The maximum Gasteiger partial charge on any atom is 0.0766 e. The molecular weight excluding hydrogens is 202 g/mol. The molecule has 0 spiro atoms. The first kappa shape index (κ1) is 9.10. The molecule has 1 nitrogen and oxygen atoms in total. The summed E-state index contributed by atoms with van der Waals surface area (Å²) in [4.78, 5) is 3.77. The van der Waals surface area contributed by atoms with Gasteiger partial charge in [-0.1, -0.05) is 42.1 Å². The van der Waals surface area contributed by atoms with Crippen LogP contribution >= 0.6 is 11.8 Å². The van der Waals surface area contributed by atoms with E-state index in [9.17, 15) is 0 Å². The van der Waals surface area contributed by atoms with E-state index in [-0.39, 0.29) is 0 Å². The second kappa shape index (κ2) is 3.17. The maximum absolute atomic E-state index is 2.36. The van der Waals surface area contributed by atoms with Gasteiger partial charge in [0, 0.05) is 17.3 Å². The lowest BCUT2D eigenvalue weighted by molar-refractivity contribution is 0.928. The Labute approximate surface area is 94.1 Å². The van der Waals surface area contributed by atoms with Crippen molar-refractivity contribution in [3.8, 4) is 0 Å². The normalized spacial score (nSPS) is 19.6. The van der Waals surface area contributed by atoms with Crippen LogP contribution in [0.3, 0.4) is 0 Å². The van der Waals surface area contributed by atoms with Crippen LogP contribution in [0.1, 0.15) is 6.92 Å². The van der Waals surface area contributed by atoms with Crippen molar-refractivity contribution in [2.75, 3.05) is 11.9 Å². The summed E-state index contributed by atoms with van der Waals surface area (Å²) in [5.74, 6) is 0. The standard InChI is InChI=1S/C13H13NS/c1-9-14(2)13-11-6-4-3-5-10(11)7-8-12(13)15-9/h3-9H,1-2H3. The molecule has 0 saturated carbocycles. The highest BCUT2D eigenvalue weighted by Crippen LogP contribution is 2.45. The second-order valence-electron chi connectivity index (χ2n) is 3.96. The first-order chi connectivity index (χ1) is 7.27. The van der Waals surface area contributed by atoms with Crippen molar-refractivity contribution in [3.05, 3.63) is 36.4 Å². The fraction of sp³-hybridized carbons (Fsp3) is 0.231. The number of fused-ring (bicyclic) bond motifs is 3. The summed E-state index contributed by atoms with van der Waals surface area (Å²) in [6.07, 6.45) is 0. The van der Waals surface area contributed by atoms with Crippen molar-refractivity contribution in [1.29, 1.82) is 0 Å². The van der Waals surface area contributed by atoms with Crippen LogP contribution in [-0.2, 0) is 0 Å². The molecule has 2 aromatic rings. The van der Waals surface area contributed by atoms with Crippen molar-refractivity contribution in [2.24, 2.45) is 0 Å². The van der Waals surface area contributed by atoms with Crippen LogP contribution < -0.4 is 4.90 Å². The number of rotatable bonds is 0. The first-order valence-electron chi connectivity index (χ1n) is 5.18. The minimum absolute atomic E-state index is 0.547. The molecule has 0 radical (unpaired) electrons. The Balaban J connectivity index is 2.35. The van der Waals surface area contributed by atoms with Gasteiger partial charge in [0.25, 0.3) is 0 Å². The van der Waals surface area contributed by atoms with Crippen molar-refractivity contribution in [2.45, 2.75) is 17.2 Å². The third kappa shape index (κ3) is 1.25. The van der Waals surface area contributed by atoms with Crippen LogP contribution in [0.15, 0.2) is 41.3 Å². The molecule has 0 saturated heterocycles. The molecule has 1 aliphatic heterocycles. The van der Waals surface area contributed by atoms with Gasteiger partial charge in [-0.3, -0.25) is 0 Å². The van der Waals surface area contributed by atoms with Gasteiger partial charge in [-0.15, -0.1) is 0 Å². The largest absolute Gasteiger partial charge is 0.361 e. The van der Waals surface area contributed by atoms with Gasteiger partial charge in [-0.05, 0) is 18.4 Å². The Morgan fingerprint density at radius 1 is 1.13 bits per heavy atom. The molecule has 2 heteroatoms. The number of thioether (sulfide) groups is 1. The Hall–Kier alpha value is -1.15. The van der Waals surface area contributed by atoms with Crippen LogP contribution in [0.5, 0.6) is 0 Å². The summed E-state index contributed by atoms with van der Waals surface area (Å²) < 4.78 is 0. The summed E-state index contributed by atoms with van der Waals surface area (Å²) in [6.45, 7) is 2.25. The van der Waals surface area contributed by atoms with E-state index in [0.29, 0.717) is 5.37 Å². The molecule has 0 bridgehead atoms. The molecule has 76 valence electrons. The average molecular weight is 215 g/mol. The highest BCUT2D eigenvalue weighted by molar-refractivity contribution is 8.00. The van der Waals surface area contributed by atoms with Gasteiger partial charge in [0.05, 0.1) is 11.1 Å². The lowest BCUT2D eigenvalue weighted by Gasteiger charge is -2.18. The minimum atomic E-state index is 0.547. The van der Waals surface area contributed by atoms with Crippen LogP contribution in [0, 0.1) is 0 Å². The van der Waals surface area contributed by atoms with E-state index in [1.165, 1.54) is 21.4 Å². The maximum atomic E-state index is 2.36. The SMILES string of the molecule is CC1Sc2ccc3ccccc3c2N1C. The van der Waals surface area contributed by atoms with Crippen LogP contribution in [0.25, 0.3) is 10.8 Å². The van der Waals surface area contributed by atoms with Crippen molar-refractivity contribution in [3.63, 3.8) is 0 Å². The molecule has 1 atom stereocenters. The lowest BCUT2D eigenvalue weighted by Crippen LogP contribution is -2.20. The van der Waals surface area contributed by atoms with Gasteiger partial charge < -0.3 is 4.90 Å². The highest BCUT2D eigenvalue weighted by atomic mass is 32.2. The lowest BCUT2D eigenvalue weighted by atomic mass is 10.1. The van der Waals surface area contributed by atoms with Crippen LogP contribution in [0.2, 0.25) is 0 Å². The molecule has 3 rings (SSSR count). The predicted octanol–water partition coefficient (Wildman–Crippen LogP) is 3.73. The Kier molecular flexibility index (Phi) is 1.93. The van der Waals surface area contributed by atoms with E-state index in [0.717, 1.165) is 0 Å². The molecule has 1 unspecified atom stereocenters. The fourth-order valence-electron chi connectivity index (χ4n) is 2.14. The minimum Gasteiger partial charge on any atom is -0.361 e.